The number of nitrogens with zero attached hydrogens (tertiary/aromatic N) is 2. The van der Waals surface area contributed by atoms with Crippen LogP contribution < -0.4 is 5.32 Å². The Labute approximate surface area is 90.7 Å². The van der Waals surface area contributed by atoms with Crippen molar-refractivity contribution < 1.29 is 4.79 Å². The first-order valence-corrected chi connectivity index (χ1v) is 5.44. The first-order valence-electron chi connectivity index (χ1n) is 5.44. The fourth-order valence-electron chi connectivity index (χ4n) is 1.45. The summed E-state index contributed by atoms with van der Waals surface area (Å²) in [6.07, 6.45) is 5.80. The van der Waals surface area contributed by atoms with E-state index >= 15 is 0 Å². The van der Waals surface area contributed by atoms with Crippen molar-refractivity contribution in [3.05, 3.63) is 18.0 Å². The molecule has 0 aromatic carbocycles. The van der Waals surface area contributed by atoms with Crippen molar-refractivity contribution in [3.63, 3.8) is 0 Å². The molecular formula is C11H19N3O. The lowest BCUT2D eigenvalue weighted by Gasteiger charge is -1.98. The van der Waals surface area contributed by atoms with Crippen molar-refractivity contribution in [2.24, 2.45) is 0 Å². The van der Waals surface area contributed by atoms with Crippen LogP contribution in [0.3, 0.4) is 0 Å². The molecule has 4 nitrogen and oxygen atoms in total. The minimum atomic E-state index is 0.293. The van der Waals surface area contributed by atoms with E-state index in [-0.39, 0.29) is 0 Å². The molecule has 0 radical (unpaired) electrons. The van der Waals surface area contributed by atoms with Gasteiger partial charge in [-0.15, -0.1) is 0 Å². The highest BCUT2D eigenvalue weighted by atomic mass is 16.1. The Balaban J connectivity index is 2.31. The summed E-state index contributed by atoms with van der Waals surface area (Å²) in [5.41, 5.74) is 1.02. The molecule has 0 unspecified atom stereocenters. The fourth-order valence-corrected chi connectivity index (χ4v) is 1.45. The molecule has 0 bridgehead atoms. The van der Waals surface area contributed by atoms with E-state index < -0.39 is 0 Å². The number of Topliss-reactive ketones (excluding diaryl/α,β-unsaturated/α-hetero) is 1. The second-order valence-electron chi connectivity index (χ2n) is 3.63. The molecule has 0 atom stereocenters. The quantitative estimate of drug-likeness (QED) is 0.682. The molecule has 0 fully saturated rings. The van der Waals surface area contributed by atoms with Crippen molar-refractivity contribution in [2.45, 2.75) is 32.7 Å². The summed E-state index contributed by atoms with van der Waals surface area (Å²) in [4.78, 5) is 11.5. The van der Waals surface area contributed by atoms with E-state index in [1.165, 1.54) is 0 Å². The number of carbonyl (C=O) groups excluding carboxylic acids is 1. The van der Waals surface area contributed by atoms with Crippen molar-refractivity contribution in [1.82, 2.24) is 15.1 Å². The Morgan fingerprint density at radius 2 is 2.40 bits per heavy atom. The number of hydrogen-bond donors (Lipinski definition) is 1. The number of hydrogen-bond acceptors (Lipinski definition) is 3. The van der Waals surface area contributed by atoms with Gasteiger partial charge in [0.1, 0.15) is 5.78 Å². The normalized spacial score (nSPS) is 10.5. The van der Waals surface area contributed by atoms with Crippen LogP contribution in [0.25, 0.3) is 0 Å². The van der Waals surface area contributed by atoms with Crippen LogP contribution in [0.2, 0.25) is 0 Å². The third-order valence-corrected chi connectivity index (χ3v) is 2.29. The summed E-state index contributed by atoms with van der Waals surface area (Å²) < 4.78 is 1.84. The van der Waals surface area contributed by atoms with Crippen LogP contribution in [0, 0.1) is 0 Å². The summed E-state index contributed by atoms with van der Waals surface area (Å²) in [5, 5.41) is 7.17. The molecule has 84 valence electrons. The average Bonchev–Trinajstić information content (AvgIpc) is 2.66. The van der Waals surface area contributed by atoms with Gasteiger partial charge < -0.3 is 5.32 Å². The Hall–Kier alpha value is -1.16. The van der Waals surface area contributed by atoms with Gasteiger partial charge in [0.2, 0.25) is 0 Å². The second kappa shape index (κ2) is 6.35. The summed E-state index contributed by atoms with van der Waals surface area (Å²) in [6.45, 7) is 3.79. The first-order chi connectivity index (χ1) is 7.26. The van der Waals surface area contributed by atoms with Crippen molar-refractivity contribution >= 4 is 5.78 Å². The minimum absolute atomic E-state index is 0.293. The molecule has 1 rings (SSSR count). The third-order valence-electron chi connectivity index (χ3n) is 2.29. The SMILES string of the molecule is CCn1cc(CC(=O)CCCNC)cn1. The molecule has 1 aromatic rings. The molecule has 15 heavy (non-hydrogen) atoms. The average molecular weight is 209 g/mol. The molecule has 0 aliphatic rings. The Morgan fingerprint density at radius 1 is 1.60 bits per heavy atom. The maximum atomic E-state index is 11.5. The lowest BCUT2D eigenvalue weighted by molar-refractivity contribution is -0.118. The number of aromatic nitrogens is 2. The fraction of sp³-hybridized carbons (Fsp3) is 0.636. The van der Waals surface area contributed by atoms with Crippen LogP contribution >= 0.6 is 0 Å². The van der Waals surface area contributed by atoms with Crippen LogP contribution in [0.15, 0.2) is 12.4 Å². The lowest BCUT2D eigenvalue weighted by Crippen LogP contribution is -2.10. The van der Waals surface area contributed by atoms with E-state index in [0.717, 1.165) is 25.1 Å². The van der Waals surface area contributed by atoms with Gasteiger partial charge in [-0.05, 0) is 32.5 Å². The molecule has 1 N–H and O–H groups in total. The third kappa shape index (κ3) is 4.25. The van der Waals surface area contributed by atoms with Crippen LogP contribution in [0.4, 0.5) is 0 Å². The first kappa shape index (κ1) is 11.9. The van der Waals surface area contributed by atoms with Crippen LogP contribution in [-0.4, -0.2) is 29.2 Å². The zero-order chi connectivity index (χ0) is 11.1. The maximum Gasteiger partial charge on any atom is 0.137 e. The van der Waals surface area contributed by atoms with Gasteiger partial charge in [-0.3, -0.25) is 9.48 Å². The molecule has 0 saturated heterocycles. The Bertz CT molecular complexity index is 307. The molecule has 0 saturated carbocycles. The molecule has 4 heteroatoms. The number of rotatable bonds is 7. The standard InChI is InChI=1S/C11H19N3O/c1-3-14-9-10(8-13-14)7-11(15)5-4-6-12-2/h8-9,12H,3-7H2,1-2H3. The van der Waals surface area contributed by atoms with Gasteiger partial charge in [-0.2, -0.15) is 5.10 Å². The second-order valence-corrected chi connectivity index (χ2v) is 3.63. The molecule has 0 amide bonds. The van der Waals surface area contributed by atoms with Crippen molar-refractivity contribution in [2.75, 3.05) is 13.6 Å². The van der Waals surface area contributed by atoms with Gasteiger partial charge in [-0.25, -0.2) is 0 Å². The zero-order valence-electron chi connectivity index (χ0n) is 9.49. The zero-order valence-corrected chi connectivity index (χ0v) is 9.49. The molecule has 0 spiro atoms. The predicted octanol–water partition coefficient (Wildman–Crippen LogP) is 1.01. The smallest absolute Gasteiger partial charge is 0.137 e. The molecule has 0 aliphatic carbocycles. The van der Waals surface area contributed by atoms with E-state index in [2.05, 4.69) is 10.4 Å². The summed E-state index contributed by atoms with van der Waals surface area (Å²) >= 11 is 0. The molecule has 0 aliphatic heterocycles. The van der Waals surface area contributed by atoms with Gasteiger partial charge in [0.15, 0.2) is 0 Å². The summed E-state index contributed by atoms with van der Waals surface area (Å²) in [5.74, 6) is 0.293. The molecular weight excluding hydrogens is 190 g/mol. The van der Waals surface area contributed by atoms with Crippen molar-refractivity contribution in [3.8, 4) is 0 Å². The van der Waals surface area contributed by atoms with Crippen LogP contribution in [0.1, 0.15) is 25.3 Å². The van der Waals surface area contributed by atoms with E-state index in [9.17, 15) is 4.79 Å². The van der Waals surface area contributed by atoms with Gasteiger partial charge in [-0.1, -0.05) is 0 Å². The topological polar surface area (TPSA) is 46.9 Å². The highest BCUT2D eigenvalue weighted by Crippen LogP contribution is 2.02. The monoisotopic (exact) mass is 209 g/mol. The highest BCUT2D eigenvalue weighted by Gasteiger charge is 2.05. The van der Waals surface area contributed by atoms with Crippen LogP contribution in [0.5, 0.6) is 0 Å². The van der Waals surface area contributed by atoms with Gasteiger partial charge in [0.25, 0.3) is 0 Å². The lowest BCUT2D eigenvalue weighted by atomic mass is 10.1. The maximum absolute atomic E-state index is 11.5. The summed E-state index contributed by atoms with van der Waals surface area (Å²) in [6, 6.07) is 0. The molecule has 1 aromatic heterocycles. The minimum Gasteiger partial charge on any atom is -0.320 e. The Kier molecular flexibility index (Phi) is 5.04. The van der Waals surface area contributed by atoms with Gasteiger partial charge in [0.05, 0.1) is 6.20 Å². The number of aryl methyl sites for hydroxylation is 1. The van der Waals surface area contributed by atoms with E-state index in [1.807, 2.05) is 24.9 Å². The Morgan fingerprint density at radius 3 is 3.00 bits per heavy atom. The highest BCUT2D eigenvalue weighted by molar-refractivity contribution is 5.80. The van der Waals surface area contributed by atoms with E-state index in [4.69, 9.17) is 0 Å². The molecule has 1 heterocycles. The van der Waals surface area contributed by atoms with Gasteiger partial charge in [0, 0.05) is 25.6 Å². The number of nitrogens with one attached hydrogen (secondary N) is 1. The van der Waals surface area contributed by atoms with Crippen molar-refractivity contribution in [1.29, 1.82) is 0 Å². The number of ketones is 1. The van der Waals surface area contributed by atoms with E-state index in [1.54, 1.807) is 6.20 Å². The number of carbonyl (C=O) groups is 1. The largest absolute Gasteiger partial charge is 0.320 e. The van der Waals surface area contributed by atoms with E-state index in [0.29, 0.717) is 18.6 Å². The van der Waals surface area contributed by atoms with Gasteiger partial charge >= 0.3 is 0 Å². The van der Waals surface area contributed by atoms with Crippen LogP contribution in [-0.2, 0) is 17.8 Å². The predicted molar refractivity (Wildman–Crippen MR) is 59.8 cm³/mol. The summed E-state index contributed by atoms with van der Waals surface area (Å²) in [7, 11) is 1.90.